The lowest BCUT2D eigenvalue weighted by Gasteiger charge is -2.32. The Balaban J connectivity index is 1.40. The van der Waals surface area contributed by atoms with E-state index in [0.717, 1.165) is 25.0 Å². The summed E-state index contributed by atoms with van der Waals surface area (Å²) in [6, 6.07) is 8.51. The van der Waals surface area contributed by atoms with Gasteiger partial charge < -0.3 is 9.47 Å². The molecule has 2 aliphatic heterocycles. The molecular weight excluding hydrogens is 537 g/mol. The average Bonchev–Trinajstić information content (AvgIpc) is 2.88. The summed E-state index contributed by atoms with van der Waals surface area (Å²) in [6.07, 6.45) is -2.45. The van der Waals surface area contributed by atoms with E-state index >= 15 is 0 Å². The zero-order valence-corrected chi connectivity index (χ0v) is 21.2. The van der Waals surface area contributed by atoms with Crippen molar-refractivity contribution in [1.82, 2.24) is 9.79 Å². The van der Waals surface area contributed by atoms with Gasteiger partial charge in [0.1, 0.15) is 11.9 Å². The molecule has 2 saturated heterocycles. The molecule has 4 rings (SSSR count). The molecule has 2 fully saturated rings. The van der Waals surface area contributed by atoms with Crippen LogP contribution in [0.25, 0.3) is 0 Å². The minimum absolute atomic E-state index is 0.0488. The third-order valence-corrected chi connectivity index (χ3v) is 8.38. The van der Waals surface area contributed by atoms with Crippen molar-refractivity contribution >= 4 is 27.5 Å². The van der Waals surface area contributed by atoms with E-state index in [0.29, 0.717) is 25.9 Å². The van der Waals surface area contributed by atoms with Crippen LogP contribution in [0, 0.1) is 0 Å². The molecule has 2 aliphatic rings. The molecule has 37 heavy (non-hydrogen) atoms. The molecular formula is C24H26ClF3N2O6S. The minimum atomic E-state index is -4.44. The molecule has 202 valence electrons. The van der Waals surface area contributed by atoms with Crippen LogP contribution in [0.5, 0.6) is 5.75 Å². The van der Waals surface area contributed by atoms with Gasteiger partial charge in [0.2, 0.25) is 10.0 Å². The maximum atomic E-state index is 13.4. The number of rotatable bonds is 7. The summed E-state index contributed by atoms with van der Waals surface area (Å²) < 4.78 is 77.5. The first kappa shape index (κ1) is 27.6. The summed E-state index contributed by atoms with van der Waals surface area (Å²) in [5.74, 6) is -0.538. The molecule has 0 radical (unpaired) electrons. The number of nitrogens with zero attached hydrogens (tertiary/aromatic N) is 1. The molecule has 1 atom stereocenters. The molecule has 13 heteroatoms. The number of halogens is 4. The monoisotopic (exact) mass is 562 g/mol. The number of hydrogen-bond donors (Lipinski definition) is 1. The number of carbonyl (C=O) groups excluding carboxylic acids is 1. The molecule has 8 nitrogen and oxygen atoms in total. The maximum absolute atomic E-state index is 13.4. The van der Waals surface area contributed by atoms with Crippen molar-refractivity contribution in [1.29, 1.82) is 0 Å². The van der Waals surface area contributed by atoms with E-state index in [1.807, 2.05) is 0 Å². The van der Waals surface area contributed by atoms with Gasteiger partial charge in [-0.2, -0.15) is 17.5 Å². The largest absolute Gasteiger partial charge is 0.490 e. The Bertz CT molecular complexity index is 1200. The number of sulfonamides is 1. The Morgan fingerprint density at radius 2 is 1.76 bits per heavy atom. The van der Waals surface area contributed by atoms with Crippen LogP contribution < -0.4 is 10.2 Å². The van der Waals surface area contributed by atoms with Crippen LogP contribution in [0.2, 0.25) is 5.02 Å². The number of hydrogen-bond acceptors (Lipinski definition) is 6. The van der Waals surface area contributed by atoms with Gasteiger partial charge in [0.15, 0.2) is 6.29 Å². The third-order valence-electron chi connectivity index (χ3n) is 6.13. The Kier molecular flexibility index (Phi) is 8.64. The minimum Gasteiger partial charge on any atom is -0.490 e. The fraction of sp³-hybridized carbons (Fsp3) is 0.458. The molecule has 0 aromatic heterocycles. The average molecular weight is 563 g/mol. The second kappa shape index (κ2) is 11.6. The lowest BCUT2D eigenvalue weighted by molar-refractivity contribution is -0.186. The second-order valence-electron chi connectivity index (χ2n) is 8.70. The Morgan fingerprint density at radius 1 is 1.05 bits per heavy atom. The van der Waals surface area contributed by atoms with E-state index in [1.165, 1.54) is 34.6 Å². The van der Waals surface area contributed by atoms with E-state index in [-0.39, 0.29) is 40.4 Å². The summed E-state index contributed by atoms with van der Waals surface area (Å²) >= 11 is 6.22. The standard InChI is InChI=1S/C24H26ClF3N2O6S/c25-19-4-3-5-20(22(19)23(31)29-36-21-6-1-2-15-34-21)37(32,33)30-13-11-18(12-14-30)35-17-9-7-16(8-10-17)24(26,27)28/h3-5,7-10,18,21H,1-2,6,11-15H2,(H,29,31). The van der Waals surface area contributed by atoms with Crippen molar-refractivity contribution in [3.8, 4) is 5.75 Å². The SMILES string of the molecule is O=C(NOC1CCCCO1)c1c(Cl)cccc1S(=O)(=O)N1CCC(Oc2ccc(C(F)(F)F)cc2)CC1. The van der Waals surface area contributed by atoms with Crippen LogP contribution >= 0.6 is 11.6 Å². The van der Waals surface area contributed by atoms with Gasteiger partial charge in [0, 0.05) is 26.1 Å². The van der Waals surface area contributed by atoms with Crippen molar-refractivity contribution in [2.24, 2.45) is 0 Å². The predicted octanol–water partition coefficient (Wildman–Crippen LogP) is 4.78. The molecule has 2 aromatic carbocycles. The van der Waals surface area contributed by atoms with Crippen molar-refractivity contribution in [3.63, 3.8) is 0 Å². The van der Waals surface area contributed by atoms with Gasteiger partial charge in [-0.3, -0.25) is 4.79 Å². The predicted molar refractivity (Wildman–Crippen MR) is 127 cm³/mol. The van der Waals surface area contributed by atoms with Crippen LogP contribution in [0.4, 0.5) is 13.2 Å². The lowest BCUT2D eigenvalue weighted by atomic mass is 10.1. The highest BCUT2D eigenvalue weighted by molar-refractivity contribution is 7.89. The molecule has 0 aliphatic carbocycles. The first-order valence-corrected chi connectivity index (χ1v) is 13.6. The summed E-state index contributed by atoms with van der Waals surface area (Å²) in [7, 11) is -4.10. The summed E-state index contributed by atoms with van der Waals surface area (Å²) in [5.41, 5.74) is 1.24. The number of amides is 1. The van der Waals surface area contributed by atoms with Crippen molar-refractivity contribution in [3.05, 3.63) is 58.6 Å². The van der Waals surface area contributed by atoms with E-state index < -0.39 is 34.0 Å². The number of alkyl halides is 3. The molecule has 2 heterocycles. The fourth-order valence-electron chi connectivity index (χ4n) is 4.16. The van der Waals surface area contributed by atoms with E-state index in [2.05, 4.69) is 5.48 Å². The number of ether oxygens (including phenoxy) is 2. The maximum Gasteiger partial charge on any atom is 0.416 e. The van der Waals surface area contributed by atoms with Gasteiger partial charge in [0.25, 0.3) is 5.91 Å². The zero-order valence-electron chi connectivity index (χ0n) is 19.7. The Hall–Kier alpha value is -2.38. The summed E-state index contributed by atoms with van der Waals surface area (Å²) in [6.45, 7) is 0.687. The van der Waals surface area contributed by atoms with Crippen molar-refractivity contribution in [2.45, 2.75) is 55.6 Å². The highest BCUT2D eigenvalue weighted by Crippen LogP contribution is 2.32. The van der Waals surface area contributed by atoms with Gasteiger partial charge in [-0.15, -0.1) is 0 Å². The molecule has 1 amide bonds. The fourth-order valence-corrected chi connectivity index (χ4v) is 6.16. The van der Waals surface area contributed by atoms with Crippen LogP contribution in [0.1, 0.15) is 48.0 Å². The molecule has 2 aromatic rings. The smallest absolute Gasteiger partial charge is 0.416 e. The molecule has 0 saturated carbocycles. The van der Waals surface area contributed by atoms with Gasteiger partial charge in [0.05, 0.1) is 21.0 Å². The number of nitrogens with one attached hydrogen (secondary N) is 1. The van der Waals surface area contributed by atoms with E-state index in [9.17, 15) is 26.4 Å². The number of carbonyl (C=O) groups is 1. The van der Waals surface area contributed by atoms with Gasteiger partial charge >= 0.3 is 6.18 Å². The summed E-state index contributed by atoms with van der Waals surface area (Å²) in [4.78, 5) is 17.9. The van der Waals surface area contributed by atoms with Gasteiger partial charge in [-0.05, 0) is 62.1 Å². The zero-order chi connectivity index (χ0) is 26.6. The van der Waals surface area contributed by atoms with Gasteiger partial charge in [-0.25, -0.2) is 18.7 Å². The van der Waals surface area contributed by atoms with E-state index in [4.69, 9.17) is 25.9 Å². The molecule has 1 N–H and O–H groups in total. The van der Waals surface area contributed by atoms with Gasteiger partial charge in [-0.1, -0.05) is 17.7 Å². The quantitative estimate of drug-likeness (QED) is 0.488. The van der Waals surface area contributed by atoms with Crippen LogP contribution in [-0.2, 0) is 25.8 Å². The van der Waals surface area contributed by atoms with Crippen LogP contribution in [-0.4, -0.2) is 50.7 Å². The molecule has 0 bridgehead atoms. The van der Waals surface area contributed by atoms with Crippen LogP contribution in [0.3, 0.4) is 0 Å². The Labute approximate surface area is 217 Å². The first-order valence-electron chi connectivity index (χ1n) is 11.8. The number of hydroxylamine groups is 1. The normalized spacial score (nSPS) is 19.9. The van der Waals surface area contributed by atoms with Crippen LogP contribution in [0.15, 0.2) is 47.4 Å². The second-order valence-corrected chi connectivity index (χ2v) is 11.0. The topological polar surface area (TPSA) is 94.2 Å². The summed E-state index contributed by atoms with van der Waals surface area (Å²) in [5, 5.41) is -0.0488. The molecule has 1 unspecified atom stereocenters. The first-order chi connectivity index (χ1) is 17.6. The highest BCUT2D eigenvalue weighted by atomic mass is 35.5. The highest BCUT2D eigenvalue weighted by Gasteiger charge is 2.34. The van der Waals surface area contributed by atoms with Crippen molar-refractivity contribution in [2.75, 3.05) is 19.7 Å². The Morgan fingerprint density at radius 3 is 2.38 bits per heavy atom. The van der Waals surface area contributed by atoms with E-state index in [1.54, 1.807) is 0 Å². The molecule has 0 spiro atoms. The number of piperidine rings is 1. The third kappa shape index (κ3) is 6.74. The number of benzene rings is 2. The van der Waals surface area contributed by atoms with Crippen molar-refractivity contribution < 1.29 is 40.7 Å². The lowest BCUT2D eigenvalue weighted by Crippen LogP contribution is -2.42.